The van der Waals surface area contributed by atoms with Gasteiger partial charge in [-0.3, -0.25) is 9.59 Å². The van der Waals surface area contributed by atoms with Gasteiger partial charge in [0.25, 0.3) is 5.91 Å². The lowest BCUT2D eigenvalue weighted by Crippen LogP contribution is -2.51. The Balaban J connectivity index is 1.61. The number of carbonyl (C=O) groups is 2. The summed E-state index contributed by atoms with van der Waals surface area (Å²) in [5.74, 6) is 1.00. The number of aryl methyl sites for hydroxylation is 1. The highest BCUT2D eigenvalue weighted by atomic mass is 16.6. The van der Waals surface area contributed by atoms with Gasteiger partial charge < -0.3 is 19.3 Å². The van der Waals surface area contributed by atoms with Crippen LogP contribution in [0.3, 0.4) is 0 Å². The second-order valence-electron chi connectivity index (χ2n) is 7.83. The Morgan fingerprint density at radius 3 is 2.52 bits per heavy atom. The number of nitrogens with zero attached hydrogens (tertiary/aromatic N) is 4. The van der Waals surface area contributed by atoms with Crippen molar-refractivity contribution < 1.29 is 23.7 Å². The zero-order valence-corrected chi connectivity index (χ0v) is 18.9. The van der Waals surface area contributed by atoms with E-state index in [9.17, 15) is 9.59 Å². The maximum atomic E-state index is 13.7. The fourth-order valence-electron chi connectivity index (χ4n) is 3.87. The van der Waals surface area contributed by atoms with Crippen molar-refractivity contribution in [3.8, 4) is 11.5 Å². The molecule has 2 amide bonds. The molecule has 1 aliphatic rings. The molecule has 4 rings (SSSR count). The molecule has 172 valence electrons. The zero-order chi connectivity index (χ0) is 23.4. The van der Waals surface area contributed by atoms with E-state index in [4.69, 9.17) is 14.1 Å². The Morgan fingerprint density at radius 1 is 1.09 bits per heavy atom. The van der Waals surface area contributed by atoms with E-state index in [0.717, 1.165) is 11.3 Å². The molecule has 0 unspecified atom stereocenters. The average molecular weight is 450 g/mol. The molecule has 1 fully saturated rings. The van der Waals surface area contributed by atoms with Crippen LogP contribution in [0.15, 0.2) is 53.2 Å². The predicted molar refractivity (Wildman–Crippen MR) is 119 cm³/mol. The van der Waals surface area contributed by atoms with Crippen LogP contribution in [0.5, 0.6) is 11.5 Å². The van der Waals surface area contributed by atoms with Gasteiger partial charge in [0.05, 0.1) is 18.7 Å². The fraction of sp³-hybridized carbons (Fsp3) is 0.333. The number of methoxy groups -OCH3 is 1. The van der Waals surface area contributed by atoms with Gasteiger partial charge in [-0.05, 0) is 36.8 Å². The minimum atomic E-state index is -0.295. The van der Waals surface area contributed by atoms with Crippen molar-refractivity contribution in [2.24, 2.45) is 0 Å². The topological polar surface area (TPSA) is 98.0 Å². The predicted octanol–water partition coefficient (Wildman–Crippen LogP) is 3.01. The number of piperazine rings is 1. The minimum absolute atomic E-state index is 0.0130. The van der Waals surface area contributed by atoms with Gasteiger partial charge >= 0.3 is 0 Å². The quantitative estimate of drug-likeness (QED) is 0.569. The first-order valence-electron chi connectivity index (χ1n) is 10.7. The van der Waals surface area contributed by atoms with Gasteiger partial charge in [-0.2, -0.15) is 0 Å². The summed E-state index contributed by atoms with van der Waals surface area (Å²) in [5, 5.41) is 7.59. The lowest BCUT2D eigenvalue weighted by atomic mass is 10.0. The molecule has 9 heteroatoms. The van der Waals surface area contributed by atoms with E-state index in [-0.39, 0.29) is 24.5 Å². The molecular weight excluding hydrogens is 424 g/mol. The van der Waals surface area contributed by atoms with Crippen molar-refractivity contribution in [2.45, 2.75) is 26.5 Å². The molecule has 3 aromatic rings. The first-order chi connectivity index (χ1) is 16.0. The fourth-order valence-corrected chi connectivity index (χ4v) is 3.87. The van der Waals surface area contributed by atoms with Gasteiger partial charge in [0, 0.05) is 26.6 Å². The van der Waals surface area contributed by atoms with Crippen LogP contribution in [0.4, 0.5) is 0 Å². The number of ether oxygens (including phenoxy) is 2. The molecule has 2 heterocycles. The van der Waals surface area contributed by atoms with Gasteiger partial charge in [-0.1, -0.05) is 34.6 Å². The summed E-state index contributed by atoms with van der Waals surface area (Å²) in [6.45, 7) is 4.77. The largest absolute Gasteiger partial charge is 0.497 e. The Kier molecular flexibility index (Phi) is 6.58. The molecule has 0 bridgehead atoms. The first kappa shape index (κ1) is 22.3. The molecule has 1 atom stereocenters. The van der Waals surface area contributed by atoms with E-state index < -0.39 is 0 Å². The highest BCUT2D eigenvalue weighted by Gasteiger charge is 2.34. The Hall–Kier alpha value is -3.88. The van der Waals surface area contributed by atoms with E-state index in [1.807, 2.05) is 30.3 Å². The summed E-state index contributed by atoms with van der Waals surface area (Å²) < 4.78 is 15.9. The Labute approximate surface area is 191 Å². The molecule has 0 N–H and O–H groups in total. The monoisotopic (exact) mass is 450 g/mol. The number of amides is 2. The van der Waals surface area contributed by atoms with E-state index >= 15 is 0 Å². The number of para-hydroxylation sites is 1. The highest BCUT2D eigenvalue weighted by Crippen LogP contribution is 2.31. The lowest BCUT2D eigenvalue weighted by molar-refractivity contribution is -0.131. The Morgan fingerprint density at radius 2 is 1.85 bits per heavy atom. The van der Waals surface area contributed by atoms with Gasteiger partial charge in [-0.25, -0.2) is 4.63 Å². The van der Waals surface area contributed by atoms with Crippen LogP contribution in [0.2, 0.25) is 0 Å². The maximum absolute atomic E-state index is 13.7. The van der Waals surface area contributed by atoms with Crippen molar-refractivity contribution in [1.29, 1.82) is 0 Å². The van der Waals surface area contributed by atoms with Crippen molar-refractivity contribution in [2.75, 3.05) is 26.7 Å². The minimum Gasteiger partial charge on any atom is -0.497 e. The van der Waals surface area contributed by atoms with E-state index in [0.29, 0.717) is 42.3 Å². The van der Waals surface area contributed by atoms with Crippen LogP contribution < -0.4 is 9.47 Å². The third-order valence-electron chi connectivity index (χ3n) is 5.82. The summed E-state index contributed by atoms with van der Waals surface area (Å²) in [6, 6.07) is 14.4. The van der Waals surface area contributed by atoms with E-state index in [1.54, 1.807) is 49.0 Å². The zero-order valence-electron chi connectivity index (χ0n) is 18.9. The third-order valence-corrected chi connectivity index (χ3v) is 5.82. The number of hydrogen-bond acceptors (Lipinski definition) is 7. The molecule has 33 heavy (non-hydrogen) atoms. The van der Waals surface area contributed by atoms with Crippen molar-refractivity contribution in [3.05, 3.63) is 71.0 Å². The van der Waals surface area contributed by atoms with E-state index in [1.165, 1.54) is 0 Å². The lowest BCUT2D eigenvalue weighted by Gasteiger charge is -2.41. The SMILES string of the molecule is COc1ccc([C@H]2CN(C(C)=O)CCN2C(=O)c2ccccc2OCc2nonc2C)cc1. The van der Waals surface area contributed by atoms with Gasteiger partial charge in [0.1, 0.15) is 29.5 Å². The van der Waals surface area contributed by atoms with Crippen molar-refractivity contribution in [3.63, 3.8) is 0 Å². The van der Waals surface area contributed by atoms with E-state index in [2.05, 4.69) is 10.3 Å². The maximum Gasteiger partial charge on any atom is 0.258 e. The van der Waals surface area contributed by atoms with Crippen LogP contribution in [0.1, 0.15) is 40.3 Å². The molecule has 0 saturated carbocycles. The molecule has 1 aliphatic heterocycles. The van der Waals surface area contributed by atoms with Crippen LogP contribution in [0, 0.1) is 6.92 Å². The van der Waals surface area contributed by atoms with Gasteiger partial charge in [0.15, 0.2) is 0 Å². The summed E-state index contributed by atoms with van der Waals surface area (Å²) in [7, 11) is 1.61. The third kappa shape index (κ3) is 4.82. The number of benzene rings is 2. The van der Waals surface area contributed by atoms with Gasteiger partial charge in [-0.15, -0.1) is 0 Å². The summed E-state index contributed by atoms with van der Waals surface area (Å²) in [4.78, 5) is 29.3. The number of hydrogen-bond donors (Lipinski definition) is 0. The number of carbonyl (C=O) groups excluding carboxylic acids is 2. The molecule has 1 saturated heterocycles. The highest BCUT2D eigenvalue weighted by molar-refractivity contribution is 5.97. The van der Waals surface area contributed by atoms with Crippen LogP contribution in [-0.2, 0) is 11.4 Å². The van der Waals surface area contributed by atoms with Gasteiger partial charge in [0.2, 0.25) is 5.91 Å². The van der Waals surface area contributed by atoms with Crippen LogP contribution >= 0.6 is 0 Å². The molecule has 0 radical (unpaired) electrons. The molecule has 0 spiro atoms. The second kappa shape index (κ2) is 9.72. The smallest absolute Gasteiger partial charge is 0.258 e. The molecule has 9 nitrogen and oxygen atoms in total. The average Bonchev–Trinajstić information content (AvgIpc) is 3.26. The molecule has 2 aromatic carbocycles. The number of rotatable bonds is 6. The molecule has 1 aromatic heterocycles. The molecule has 0 aliphatic carbocycles. The van der Waals surface area contributed by atoms with Crippen LogP contribution in [0.25, 0.3) is 0 Å². The van der Waals surface area contributed by atoms with Crippen LogP contribution in [-0.4, -0.2) is 58.7 Å². The number of aromatic nitrogens is 2. The standard InChI is InChI=1S/C24H26N4O5/c1-16-21(26-33-25-16)15-32-23-7-5-4-6-20(23)24(30)28-13-12-27(17(2)29)14-22(28)18-8-10-19(31-3)11-9-18/h4-11,22H,12-15H2,1-3H3/t22-/m1/s1. The van der Waals surface area contributed by atoms with Crippen molar-refractivity contribution in [1.82, 2.24) is 20.1 Å². The normalized spacial score (nSPS) is 15.9. The van der Waals surface area contributed by atoms with Crippen molar-refractivity contribution >= 4 is 11.8 Å². The summed E-state index contributed by atoms with van der Waals surface area (Å²) >= 11 is 0. The molecular formula is C24H26N4O5. The first-order valence-corrected chi connectivity index (χ1v) is 10.7. The summed E-state index contributed by atoms with van der Waals surface area (Å²) in [6.07, 6.45) is 0. The Bertz CT molecular complexity index is 1130. The summed E-state index contributed by atoms with van der Waals surface area (Å²) in [5.41, 5.74) is 2.58. The second-order valence-corrected chi connectivity index (χ2v) is 7.83.